The van der Waals surface area contributed by atoms with Gasteiger partial charge in [0.2, 0.25) is 0 Å². The number of benzene rings is 1. The molecular weight excluding hydrogens is 240 g/mol. The fourth-order valence-corrected chi connectivity index (χ4v) is 2.09. The van der Waals surface area contributed by atoms with Crippen molar-refractivity contribution in [3.05, 3.63) is 53.2 Å². The lowest BCUT2D eigenvalue weighted by atomic mass is 10.4. The van der Waals surface area contributed by atoms with Crippen molar-refractivity contribution in [3.63, 3.8) is 0 Å². The molecular formula is C12H7ClN2S. The topological polar surface area (TPSA) is 36.7 Å². The van der Waals surface area contributed by atoms with Crippen LogP contribution in [0.2, 0.25) is 5.02 Å². The molecule has 0 bridgehead atoms. The molecule has 16 heavy (non-hydrogen) atoms. The van der Waals surface area contributed by atoms with E-state index in [2.05, 4.69) is 4.98 Å². The summed E-state index contributed by atoms with van der Waals surface area (Å²) in [5.41, 5.74) is 0.430. The Morgan fingerprint density at radius 3 is 2.56 bits per heavy atom. The van der Waals surface area contributed by atoms with Crippen molar-refractivity contribution in [2.24, 2.45) is 0 Å². The fourth-order valence-electron chi connectivity index (χ4n) is 1.16. The third-order valence-corrected chi connectivity index (χ3v) is 3.07. The van der Waals surface area contributed by atoms with Gasteiger partial charge in [-0.15, -0.1) is 0 Å². The van der Waals surface area contributed by atoms with E-state index in [1.54, 1.807) is 6.07 Å². The molecule has 0 amide bonds. The van der Waals surface area contributed by atoms with Crippen LogP contribution in [0.15, 0.2) is 52.4 Å². The van der Waals surface area contributed by atoms with Crippen molar-refractivity contribution in [3.8, 4) is 6.07 Å². The third kappa shape index (κ3) is 2.75. The molecule has 0 saturated carbocycles. The summed E-state index contributed by atoms with van der Waals surface area (Å²) < 4.78 is 0. The van der Waals surface area contributed by atoms with Crippen LogP contribution in [0.4, 0.5) is 0 Å². The standard InChI is InChI=1S/C12H7ClN2S/c13-9-4-6-11(7-5-9)16-12-3-1-2-10(8-14)15-12/h1-7H. The van der Waals surface area contributed by atoms with E-state index >= 15 is 0 Å². The second-order valence-corrected chi connectivity index (χ2v) is 4.56. The molecule has 2 aromatic rings. The predicted octanol–water partition coefficient (Wildman–Crippen LogP) is 3.76. The minimum atomic E-state index is 0.430. The van der Waals surface area contributed by atoms with E-state index in [0.29, 0.717) is 10.7 Å². The molecule has 0 saturated heterocycles. The number of nitrogens with zero attached hydrogens (tertiary/aromatic N) is 2. The molecule has 1 aromatic carbocycles. The number of pyridine rings is 1. The zero-order valence-electron chi connectivity index (χ0n) is 8.22. The first-order valence-electron chi connectivity index (χ1n) is 4.58. The number of hydrogen-bond acceptors (Lipinski definition) is 3. The SMILES string of the molecule is N#Cc1cccc(Sc2ccc(Cl)cc2)n1. The molecule has 0 radical (unpaired) electrons. The summed E-state index contributed by atoms with van der Waals surface area (Å²) in [5.74, 6) is 0. The van der Waals surface area contributed by atoms with E-state index in [4.69, 9.17) is 16.9 Å². The van der Waals surface area contributed by atoms with Crippen LogP contribution in [0.1, 0.15) is 5.69 Å². The molecule has 0 atom stereocenters. The number of hydrogen-bond donors (Lipinski definition) is 0. The fraction of sp³-hybridized carbons (Fsp3) is 0. The van der Waals surface area contributed by atoms with Crippen LogP contribution in [0.25, 0.3) is 0 Å². The normalized spacial score (nSPS) is 9.75. The molecule has 78 valence electrons. The Labute approximate surface area is 103 Å². The van der Waals surface area contributed by atoms with Gasteiger partial charge in [-0.25, -0.2) is 4.98 Å². The molecule has 2 rings (SSSR count). The largest absolute Gasteiger partial charge is 0.230 e. The quantitative estimate of drug-likeness (QED) is 0.810. The lowest BCUT2D eigenvalue weighted by molar-refractivity contribution is 1.10. The Hall–Kier alpha value is -1.50. The molecule has 0 aliphatic heterocycles. The monoisotopic (exact) mass is 246 g/mol. The summed E-state index contributed by atoms with van der Waals surface area (Å²) in [6.07, 6.45) is 0. The number of nitriles is 1. The maximum Gasteiger partial charge on any atom is 0.141 e. The highest BCUT2D eigenvalue weighted by molar-refractivity contribution is 7.99. The van der Waals surface area contributed by atoms with E-state index in [1.165, 1.54) is 11.8 Å². The van der Waals surface area contributed by atoms with Crippen molar-refractivity contribution >= 4 is 23.4 Å². The van der Waals surface area contributed by atoms with Crippen LogP contribution in [0.3, 0.4) is 0 Å². The third-order valence-electron chi connectivity index (χ3n) is 1.87. The average molecular weight is 247 g/mol. The van der Waals surface area contributed by atoms with Gasteiger partial charge in [0.1, 0.15) is 16.8 Å². The Morgan fingerprint density at radius 1 is 1.12 bits per heavy atom. The maximum atomic E-state index is 8.73. The minimum Gasteiger partial charge on any atom is -0.230 e. The van der Waals surface area contributed by atoms with Crippen LogP contribution in [-0.2, 0) is 0 Å². The van der Waals surface area contributed by atoms with Gasteiger partial charge >= 0.3 is 0 Å². The Balaban J connectivity index is 2.21. The smallest absolute Gasteiger partial charge is 0.141 e. The van der Waals surface area contributed by atoms with E-state index in [9.17, 15) is 0 Å². The first-order chi connectivity index (χ1) is 7.78. The number of rotatable bonds is 2. The molecule has 1 heterocycles. The first-order valence-corrected chi connectivity index (χ1v) is 5.78. The lowest BCUT2D eigenvalue weighted by Gasteiger charge is -2.00. The Bertz CT molecular complexity index is 531. The van der Waals surface area contributed by atoms with Gasteiger partial charge in [-0.2, -0.15) is 5.26 Å². The maximum absolute atomic E-state index is 8.73. The van der Waals surface area contributed by atoms with Gasteiger partial charge in [-0.05, 0) is 36.4 Å². The van der Waals surface area contributed by atoms with Crippen molar-refractivity contribution < 1.29 is 0 Å². The summed E-state index contributed by atoms with van der Waals surface area (Å²) in [4.78, 5) is 5.23. The average Bonchev–Trinajstić information content (AvgIpc) is 2.32. The number of aromatic nitrogens is 1. The highest BCUT2D eigenvalue weighted by atomic mass is 35.5. The molecule has 0 aliphatic rings. The predicted molar refractivity (Wildman–Crippen MR) is 64.5 cm³/mol. The summed E-state index contributed by atoms with van der Waals surface area (Å²) >= 11 is 7.30. The second-order valence-electron chi connectivity index (χ2n) is 3.03. The zero-order chi connectivity index (χ0) is 11.4. The highest BCUT2D eigenvalue weighted by Crippen LogP contribution is 2.26. The Morgan fingerprint density at radius 2 is 1.88 bits per heavy atom. The van der Waals surface area contributed by atoms with Gasteiger partial charge in [0.05, 0.1) is 0 Å². The highest BCUT2D eigenvalue weighted by Gasteiger charge is 2.00. The van der Waals surface area contributed by atoms with E-state index in [-0.39, 0.29) is 0 Å². The van der Waals surface area contributed by atoms with Gasteiger partial charge in [0.15, 0.2) is 0 Å². The summed E-state index contributed by atoms with van der Waals surface area (Å²) in [6, 6.07) is 14.9. The van der Waals surface area contributed by atoms with Crippen molar-refractivity contribution in [1.82, 2.24) is 4.98 Å². The summed E-state index contributed by atoms with van der Waals surface area (Å²) in [6.45, 7) is 0. The molecule has 4 heteroatoms. The van der Waals surface area contributed by atoms with E-state index in [0.717, 1.165) is 9.92 Å². The van der Waals surface area contributed by atoms with Gasteiger partial charge in [0, 0.05) is 9.92 Å². The van der Waals surface area contributed by atoms with Crippen molar-refractivity contribution in [1.29, 1.82) is 5.26 Å². The van der Waals surface area contributed by atoms with Crippen LogP contribution in [0, 0.1) is 11.3 Å². The van der Waals surface area contributed by atoms with Gasteiger partial charge in [-0.1, -0.05) is 29.4 Å². The van der Waals surface area contributed by atoms with Crippen molar-refractivity contribution in [2.75, 3.05) is 0 Å². The zero-order valence-corrected chi connectivity index (χ0v) is 9.79. The lowest BCUT2D eigenvalue weighted by Crippen LogP contribution is -1.84. The molecule has 0 aliphatic carbocycles. The molecule has 2 nitrogen and oxygen atoms in total. The molecule has 0 fully saturated rings. The number of halogens is 1. The van der Waals surface area contributed by atoms with Gasteiger partial charge < -0.3 is 0 Å². The molecule has 1 aromatic heterocycles. The summed E-state index contributed by atoms with van der Waals surface area (Å²) in [7, 11) is 0. The van der Waals surface area contributed by atoms with Gasteiger partial charge in [-0.3, -0.25) is 0 Å². The minimum absolute atomic E-state index is 0.430. The van der Waals surface area contributed by atoms with Crippen LogP contribution in [0.5, 0.6) is 0 Å². The van der Waals surface area contributed by atoms with Crippen molar-refractivity contribution in [2.45, 2.75) is 9.92 Å². The molecule has 0 unspecified atom stereocenters. The van der Waals surface area contributed by atoms with E-state index in [1.807, 2.05) is 42.5 Å². The summed E-state index contributed by atoms with van der Waals surface area (Å²) in [5, 5.41) is 10.2. The van der Waals surface area contributed by atoms with Crippen LogP contribution >= 0.6 is 23.4 Å². The van der Waals surface area contributed by atoms with Gasteiger partial charge in [0.25, 0.3) is 0 Å². The van der Waals surface area contributed by atoms with E-state index < -0.39 is 0 Å². The van der Waals surface area contributed by atoms with Crippen LogP contribution in [-0.4, -0.2) is 4.98 Å². The Kier molecular flexibility index (Phi) is 3.45. The molecule has 0 spiro atoms. The first kappa shape index (κ1) is 11.0. The molecule has 0 N–H and O–H groups in total. The second kappa shape index (κ2) is 5.02. The van der Waals surface area contributed by atoms with Crippen LogP contribution < -0.4 is 0 Å².